The molecule has 0 amide bonds. The normalized spacial score (nSPS) is 24.2. The molecule has 0 spiro atoms. The van der Waals surface area contributed by atoms with Gasteiger partial charge in [-0.2, -0.15) is 12.6 Å². The van der Waals surface area contributed by atoms with Crippen LogP contribution in [-0.4, -0.2) is 43.0 Å². The molecular formula is C15H31NOS. The third-order valence-corrected chi connectivity index (χ3v) is 4.38. The fourth-order valence-electron chi connectivity index (χ4n) is 2.52. The van der Waals surface area contributed by atoms with E-state index >= 15 is 0 Å². The minimum absolute atomic E-state index is 0.346. The van der Waals surface area contributed by atoms with Crippen LogP contribution in [0.25, 0.3) is 0 Å². The predicted octanol–water partition coefficient (Wildman–Crippen LogP) is 3.47. The van der Waals surface area contributed by atoms with E-state index in [0.29, 0.717) is 17.4 Å². The van der Waals surface area contributed by atoms with Gasteiger partial charge in [0.05, 0.1) is 6.10 Å². The fourth-order valence-corrected chi connectivity index (χ4v) is 3.18. The number of hydrogen-bond acceptors (Lipinski definition) is 3. The Morgan fingerprint density at radius 2 is 2.11 bits per heavy atom. The predicted molar refractivity (Wildman–Crippen MR) is 82.5 cm³/mol. The van der Waals surface area contributed by atoms with Gasteiger partial charge in [0.1, 0.15) is 0 Å². The van der Waals surface area contributed by atoms with E-state index in [4.69, 9.17) is 4.74 Å². The highest BCUT2D eigenvalue weighted by Crippen LogP contribution is 2.28. The maximum absolute atomic E-state index is 5.90. The maximum atomic E-state index is 5.90. The van der Waals surface area contributed by atoms with Crippen LogP contribution in [0, 0.1) is 11.3 Å². The van der Waals surface area contributed by atoms with E-state index in [2.05, 4.69) is 45.2 Å². The zero-order valence-electron chi connectivity index (χ0n) is 12.6. The molecule has 108 valence electrons. The van der Waals surface area contributed by atoms with Gasteiger partial charge < -0.3 is 9.64 Å². The minimum Gasteiger partial charge on any atom is -0.377 e. The van der Waals surface area contributed by atoms with Gasteiger partial charge in [-0.25, -0.2) is 0 Å². The lowest BCUT2D eigenvalue weighted by Crippen LogP contribution is -2.44. The topological polar surface area (TPSA) is 12.5 Å². The van der Waals surface area contributed by atoms with Crippen LogP contribution in [0.15, 0.2) is 0 Å². The Labute approximate surface area is 119 Å². The van der Waals surface area contributed by atoms with Gasteiger partial charge in [0, 0.05) is 19.7 Å². The van der Waals surface area contributed by atoms with Crippen LogP contribution in [0.2, 0.25) is 0 Å². The number of rotatable bonds is 6. The molecule has 0 bridgehead atoms. The second-order valence-corrected chi connectivity index (χ2v) is 7.01. The molecule has 3 heteroatoms. The van der Waals surface area contributed by atoms with Crippen molar-refractivity contribution in [3.05, 3.63) is 0 Å². The van der Waals surface area contributed by atoms with E-state index in [1.165, 1.54) is 25.9 Å². The van der Waals surface area contributed by atoms with Crippen molar-refractivity contribution in [2.45, 2.75) is 53.1 Å². The number of ether oxygens (including phenoxy) is 1. The highest BCUT2D eigenvalue weighted by molar-refractivity contribution is 7.80. The van der Waals surface area contributed by atoms with E-state index in [0.717, 1.165) is 25.3 Å². The summed E-state index contributed by atoms with van der Waals surface area (Å²) in [6, 6.07) is 0. The quantitative estimate of drug-likeness (QED) is 0.744. The molecule has 1 saturated heterocycles. The van der Waals surface area contributed by atoms with Gasteiger partial charge in [-0.1, -0.05) is 27.7 Å². The van der Waals surface area contributed by atoms with Crippen LogP contribution < -0.4 is 0 Å². The zero-order valence-corrected chi connectivity index (χ0v) is 13.5. The Morgan fingerprint density at radius 1 is 1.39 bits per heavy atom. The Bertz CT molecular complexity index is 227. The fraction of sp³-hybridized carbons (Fsp3) is 1.00. The molecule has 0 aromatic carbocycles. The SMILES string of the molecule is CCCOC1CCCN(CC(CS)C(C)(C)C)C1. The smallest absolute Gasteiger partial charge is 0.0702 e. The van der Waals surface area contributed by atoms with E-state index in [-0.39, 0.29) is 0 Å². The van der Waals surface area contributed by atoms with Gasteiger partial charge in [0.2, 0.25) is 0 Å². The average Bonchev–Trinajstić information content (AvgIpc) is 2.32. The molecule has 2 atom stereocenters. The summed E-state index contributed by atoms with van der Waals surface area (Å²) in [4.78, 5) is 2.58. The molecule has 1 aliphatic rings. The molecule has 0 aromatic heterocycles. The summed E-state index contributed by atoms with van der Waals surface area (Å²) in [6.45, 7) is 13.6. The molecule has 2 nitrogen and oxygen atoms in total. The molecule has 0 N–H and O–H groups in total. The number of thiol groups is 1. The maximum Gasteiger partial charge on any atom is 0.0702 e. The van der Waals surface area contributed by atoms with Crippen molar-refractivity contribution in [1.82, 2.24) is 4.90 Å². The molecule has 0 aromatic rings. The van der Waals surface area contributed by atoms with Crippen molar-refractivity contribution in [1.29, 1.82) is 0 Å². The molecule has 2 unspecified atom stereocenters. The molecular weight excluding hydrogens is 242 g/mol. The molecule has 1 fully saturated rings. The third-order valence-electron chi connectivity index (χ3n) is 3.94. The summed E-state index contributed by atoms with van der Waals surface area (Å²) in [5, 5.41) is 0. The van der Waals surface area contributed by atoms with Crippen molar-refractivity contribution in [2.75, 3.05) is 32.0 Å². The zero-order chi connectivity index (χ0) is 13.6. The lowest BCUT2D eigenvalue weighted by Gasteiger charge is -2.38. The molecule has 1 rings (SSSR count). The Kier molecular flexibility index (Phi) is 7.04. The number of nitrogens with zero attached hydrogens (tertiary/aromatic N) is 1. The van der Waals surface area contributed by atoms with Crippen molar-refractivity contribution in [3.8, 4) is 0 Å². The van der Waals surface area contributed by atoms with Gasteiger partial charge in [-0.3, -0.25) is 0 Å². The largest absolute Gasteiger partial charge is 0.377 e. The number of piperidine rings is 1. The summed E-state index contributed by atoms with van der Waals surface area (Å²) in [5.41, 5.74) is 0.346. The van der Waals surface area contributed by atoms with Crippen LogP contribution >= 0.6 is 12.6 Å². The van der Waals surface area contributed by atoms with Gasteiger partial charge in [-0.05, 0) is 42.9 Å². The van der Waals surface area contributed by atoms with E-state index < -0.39 is 0 Å². The van der Waals surface area contributed by atoms with Crippen molar-refractivity contribution in [2.24, 2.45) is 11.3 Å². The molecule has 0 aliphatic carbocycles. The van der Waals surface area contributed by atoms with Crippen LogP contribution in [0.1, 0.15) is 47.0 Å². The van der Waals surface area contributed by atoms with E-state index in [1.54, 1.807) is 0 Å². The Hall–Kier alpha value is 0.270. The standard InChI is InChI=1S/C15H31NOS/c1-5-9-17-14-7-6-8-16(11-14)10-13(12-18)15(2,3)4/h13-14,18H,5-12H2,1-4H3. The monoisotopic (exact) mass is 273 g/mol. The first kappa shape index (κ1) is 16.3. The average molecular weight is 273 g/mol. The highest BCUT2D eigenvalue weighted by atomic mass is 32.1. The summed E-state index contributed by atoms with van der Waals surface area (Å²) in [6.07, 6.45) is 4.09. The third kappa shape index (κ3) is 5.50. The summed E-state index contributed by atoms with van der Waals surface area (Å²) in [7, 11) is 0. The molecule has 0 radical (unpaired) electrons. The summed E-state index contributed by atoms with van der Waals surface area (Å²) < 4.78 is 5.90. The first-order chi connectivity index (χ1) is 8.47. The van der Waals surface area contributed by atoms with Gasteiger partial charge in [0.15, 0.2) is 0 Å². The lowest BCUT2D eigenvalue weighted by atomic mass is 9.81. The van der Waals surface area contributed by atoms with Gasteiger partial charge in [-0.15, -0.1) is 0 Å². The van der Waals surface area contributed by atoms with Crippen LogP contribution in [-0.2, 0) is 4.74 Å². The van der Waals surface area contributed by atoms with Crippen LogP contribution in [0.4, 0.5) is 0 Å². The summed E-state index contributed by atoms with van der Waals surface area (Å²) in [5.74, 6) is 1.63. The minimum atomic E-state index is 0.346. The highest BCUT2D eigenvalue weighted by Gasteiger charge is 2.28. The second kappa shape index (κ2) is 7.76. The molecule has 0 saturated carbocycles. The van der Waals surface area contributed by atoms with Crippen molar-refractivity contribution in [3.63, 3.8) is 0 Å². The van der Waals surface area contributed by atoms with Crippen LogP contribution in [0.3, 0.4) is 0 Å². The van der Waals surface area contributed by atoms with Crippen LogP contribution in [0.5, 0.6) is 0 Å². The van der Waals surface area contributed by atoms with Crippen molar-refractivity contribution >= 4 is 12.6 Å². The first-order valence-corrected chi connectivity index (χ1v) is 8.05. The first-order valence-electron chi connectivity index (χ1n) is 7.42. The Morgan fingerprint density at radius 3 is 2.67 bits per heavy atom. The molecule has 18 heavy (non-hydrogen) atoms. The van der Waals surface area contributed by atoms with Crippen molar-refractivity contribution < 1.29 is 4.74 Å². The number of hydrogen-bond donors (Lipinski definition) is 1. The van der Waals surface area contributed by atoms with E-state index in [9.17, 15) is 0 Å². The van der Waals surface area contributed by atoms with E-state index in [1.807, 2.05) is 0 Å². The molecule has 1 aliphatic heterocycles. The second-order valence-electron chi connectivity index (χ2n) is 6.64. The Balaban J connectivity index is 2.41. The summed E-state index contributed by atoms with van der Waals surface area (Å²) >= 11 is 4.53. The van der Waals surface area contributed by atoms with Gasteiger partial charge in [0.25, 0.3) is 0 Å². The lowest BCUT2D eigenvalue weighted by molar-refractivity contribution is -0.00750. The van der Waals surface area contributed by atoms with Gasteiger partial charge >= 0.3 is 0 Å². The number of likely N-dealkylation sites (tertiary alicyclic amines) is 1. The molecule has 1 heterocycles.